The van der Waals surface area contributed by atoms with E-state index in [1.165, 1.54) is 0 Å². The lowest BCUT2D eigenvalue weighted by atomic mass is 9.98. The Morgan fingerprint density at radius 1 is 1.12 bits per heavy atom. The topological polar surface area (TPSA) is 99.3 Å². The predicted molar refractivity (Wildman–Crippen MR) is 157 cm³/mol. The first-order chi connectivity index (χ1) is 19.5. The highest BCUT2D eigenvalue weighted by Gasteiger charge is 2.30. The Hall–Kier alpha value is -3.82. The summed E-state index contributed by atoms with van der Waals surface area (Å²) in [5, 5.41) is 4.58. The Bertz CT molecular complexity index is 1490. The summed E-state index contributed by atoms with van der Waals surface area (Å²) in [4.78, 5) is 34.5. The SMILES string of the molecule is Cc1cccc(-c2[nH]cnc2-c2ccc3ncc(NCCN4CCCC(C(=O)O[C@@H]5CCN(C)C5)C4)cc3c2)n1. The van der Waals surface area contributed by atoms with Gasteiger partial charge in [-0.15, -0.1) is 0 Å². The fraction of sp³-hybridized carbons (Fsp3) is 0.419. The van der Waals surface area contributed by atoms with Crippen molar-refractivity contribution in [2.75, 3.05) is 51.6 Å². The molecule has 9 heteroatoms. The van der Waals surface area contributed by atoms with Gasteiger partial charge in [0.25, 0.3) is 0 Å². The highest BCUT2D eigenvalue weighted by atomic mass is 16.5. The largest absolute Gasteiger partial charge is 0.461 e. The molecular weight excluding hydrogens is 502 g/mol. The molecule has 9 nitrogen and oxygen atoms in total. The van der Waals surface area contributed by atoms with Gasteiger partial charge in [-0.2, -0.15) is 0 Å². The lowest BCUT2D eigenvalue weighted by molar-refractivity contribution is -0.155. The molecule has 0 radical (unpaired) electrons. The molecule has 5 heterocycles. The van der Waals surface area contributed by atoms with Crippen LogP contribution in [0.4, 0.5) is 5.69 Å². The molecular formula is C31H37N7O2. The second-order valence-corrected chi connectivity index (χ2v) is 11.1. The van der Waals surface area contributed by atoms with Gasteiger partial charge in [0.1, 0.15) is 6.10 Å². The Morgan fingerprint density at radius 3 is 2.90 bits per heavy atom. The third-order valence-electron chi connectivity index (χ3n) is 7.97. The lowest BCUT2D eigenvalue weighted by Crippen LogP contribution is -2.42. The van der Waals surface area contributed by atoms with Crippen LogP contribution in [0, 0.1) is 12.8 Å². The number of aryl methyl sites for hydroxylation is 1. The van der Waals surface area contributed by atoms with Gasteiger partial charge in [-0.05, 0) is 70.1 Å². The van der Waals surface area contributed by atoms with Crippen LogP contribution in [-0.2, 0) is 9.53 Å². The molecule has 2 fully saturated rings. The third-order valence-corrected chi connectivity index (χ3v) is 7.97. The number of piperidine rings is 1. The lowest BCUT2D eigenvalue weighted by Gasteiger charge is -2.32. The van der Waals surface area contributed by atoms with Gasteiger partial charge in [-0.25, -0.2) is 4.98 Å². The molecule has 1 aromatic carbocycles. The normalized spacial score (nSPS) is 20.1. The first-order valence-electron chi connectivity index (χ1n) is 14.2. The molecule has 0 saturated carbocycles. The molecule has 2 aliphatic rings. The number of carbonyl (C=O) groups excluding carboxylic acids is 1. The highest BCUT2D eigenvalue weighted by Crippen LogP contribution is 2.30. The van der Waals surface area contributed by atoms with Gasteiger partial charge < -0.3 is 24.8 Å². The number of likely N-dealkylation sites (tertiary alicyclic amines) is 2. The zero-order chi connectivity index (χ0) is 27.5. The van der Waals surface area contributed by atoms with Crippen molar-refractivity contribution in [3.63, 3.8) is 0 Å². The van der Waals surface area contributed by atoms with Crippen LogP contribution in [0.2, 0.25) is 0 Å². The first kappa shape index (κ1) is 26.4. The van der Waals surface area contributed by atoms with Crippen molar-refractivity contribution >= 4 is 22.6 Å². The Labute approximate surface area is 235 Å². The summed E-state index contributed by atoms with van der Waals surface area (Å²) in [6.07, 6.45) is 6.53. The van der Waals surface area contributed by atoms with Crippen LogP contribution in [0.5, 0.6) is 0 Å². The van der Waals surface area contributed by atoms with E-state index in [2.05, 4.69) is 60.3 Å². The fourth-order valence-electron chi connectivity index (χ4n) is 5.83. The van der Waals surface area contributed by atoms with E-state index >= 15 is 0 Å². The van der Waals surface area contributed by atoms with Crippen LogP contribution in [0.25, 0.3) is 33.5 Å². The number of fused-ring (bicyclic) bond motifs is 1. The number of anilines is 1. The number of carbonyl (C=O) groups is 1. The standard InChI is InChI=1S/C31H37N7O2/c1-21-5-3-7-28(36-21)30-29(34-20-35-30)22-8-9-27-24(15-22)16-25(17-33-27)32-11-14-38-12-4-6-23(18-38)31(39)40-26-10-13-37(2)19-26/h3,5,7-9,15-17,20,23,26,32H,4,6,10-14,18-19H2,1-2H3,(H,34,35)/t23?,26-/m1/s1. The molecule has 1 unspecified atom stereocenters. The molecule has 0 spiro atoms. The molecule has 208 valence electrons. The zero-order valence-corrected chi connectivity index (χ0v) is 23.3. The maximum Gasteiger partial charge on any atom is 0.310 e. The number of nitrogens with zero attached hydrogens (tertiary/aromatic N) is 5. The van der Waals surface area contributed by atoms with Gasteiger partial charge in [0.2, 0.25) is 0 Å². The maximum absolute atomic E-state index is 12.8. The van der Waals surface area contributed by atoms with Crippen LogP contribution in [-0.4, -0.2) is 88.1 Å². The Balaban J connectivity index is 1.07. The number of H-pyrrole nitrogens is 1. The van der Waals surface area contributed by atoms with Crippen molar-refractivity contribution in [1.29, 1.82) is 0 Å². The average molecular weight is 540 g/mol. The minimum atomic E-state index is -0.0256. The Morgan fingerprint density at radius 2 is 2.05 bits per heavy atom. The van der Waals surface area contributed by atoms with E-state index < -0.39 is 0 Å². The molecule has 0 aliphatic carbocycles. The highest BCUT2D eigenvalue weighted by molar-refractivity contribution is 5.88. The van der Waals surface area contributed by atoms with Crippen LogP contribution < -0.4 is 5.32 Å². The summed E-state index contributed by atoms with van der Waals surface area (Å²) in [6, 6.07) is 14.4. The number of hydrogen-bond acceptors (Lipinski definition) is 8. The van der Waals surface area contributed by atoms with E-state index in [-0.39, 0.29) is 18.0 Å². The number of aromatic amines is 1. The van der Waals surface area contributed by atoms with Gasteiger partial charge in [0.15, 0.2) is 0 Å². The number of rotatable bonds is 8. The second kappa shape index (κ2) is 11.7. The van der Waals surface area contributed by atoms with Crippen molar-refractivity contribution in [1.82, 2.24) is 29.7 Å². The molecule has 0 amide bonds. The number of likely N-dealkylation sites (N-methyl/N-ethyl adjacent to an activating group) is 1. The summed E-state index contributed by atoms with van der Waals surface area (Å²) >= 11 is 0. The Kier molecular flexibility index (Phi) is 7.75. The van der Waals surface area contributed by atoms with E-state index in [9.17, 15) is 4.79 Å². The summed E-state index contributed by atoms with van der Waals surface area (Å²) in [5.74, 6) is -0.0481. The van der Waals surface area contributed by atoms with Gasteiger partial charge in [0.05, 0.1) is 46.7 Å². The van der Waals surface area contributed by atoms with Crippen molar-refractivity contribution in [2.45, 2.75) is 32.3 Å². The monoisotopic (exact) mass is 539 g/mol. The van der Waals surface area contributed by atoms with Gasteiger partial charge >= 0.3 is 5.97 Å². The quantitative estimate of drug-likeness (QED) is 0.319. The average Bonchev–Trinajstić information content (AvgIpc) is 3.62. The van der Waals surface area contributed by atoms with Gasteiger partial charge in [-0.1, -0.05) is 12.1 Å². The number of aromatic nitrogens is 4. The fourth-order valence-corrected chi connectivity index (χ4v) is 5.83. The summed E-state index contributed by atoms with van der Waals surface area (Å²) in [6.45, 7) is 7.27. The molecule has 2 aliphatic heterocycles. The third kappa shape index (κ3) is 6.00. The number of nitrogens with one attached hydrogen (secondary N) is 2. The minimum absolute atomic E-state index is 0.0225. The maximum atomic E-state index is 12.8. The van der Waals surface area contributed by atoms with Gasteiger partial charge in [0, 0.05) is 49.4 Å². The summed E-state index contributed by atoms with van der Waals surface area (Å²) in [7, 11) is 2.08. The molecule has 4 aromatic rings. The van der Waals surface area contributed by atoms with Crippen LogP contribution in [0.15, 0.2) is 55.0 Å². The number of benzene rings is 1. The summed E-state index contributed by atoms with van der Waals surface area (Å²) in [5.41, 5.74) is 6.55. The van der Waals surface area contributed by atoms with E-state index in [0.29, 0.717) is 0 Å². The van der Waals surface area contributed by atoms with Crippen LogP contribution in [0.1, 0.15) is 25.0 Å². The number of ether oxygens (including phenoxy) is 1. The molecule has 40 heavy (non-hydrogen) atoms. The summed E-state index contributed by atoms with van der Waals surface area (Å²) < 4.78 is 5.82. The molecule has 3 aromatic heterocycles. The first-order valence-corrected chi connectivity index (χ1v) is 14.2. The van der Waals surface area contributed by atoms with Crippen LogP contribution in [0.3, 0.4) is 0 Å². The number of hydrogen-bond donors (Lipinski definition) is 2. The van der Waals surface area contributed by atoms with Crippen molar-refractivity contribution < 1.29 is 9.53 Å². The second-order valence-electron chi connectivity index (χ2n) is 11.1. The van der Waals surface area contributed by atoms with E-state index in [1.807, 2.05) is 37.4 Å². The predicted octanol–water partition coefficient (Wildman–Crippen LogP) is 4.37. The van der Waals surface area contributed by atoms with Gasteiger partial charge in [-0.3, -0.25) is 14.8 Å². The zero-order valence-electron chi connectivity index (χ0n) is 23.3. The number of pyridine rings is 2. The van der Waals surface area contributed by atoms with E-state index in [1.54, 1.807) is 6.33 Å². The number of imidazole rings is 1. The molecule has 2 N–H and O–H groups in total. The van der Waals surface area contributed by atoms with Crippen LogP contribution >= 0.6 is 0 Å². The van der Waals surface area contributed by atoms with E-state index in [0.717, 1.165) is 103 Å². The molecule has 2 saturated heterocycles. The smallest absolute Gasteiger partial charge is 0.310 e. The van der Waals surface area contributed by atoms with Crippen molar-refractivity contribution in [2.24, 2.45) is 5.92 Å². The van der Waals surface area contributed by atoms with E-state index in [4.69, 9.17) is 4.74 Å². The molecule has 0 bridgehead atoms. The number of esters is 1. The van der Waals surface area contributed by atoms with Crippen molar-refractivity contribution in [3.8, 4) is 22.6 Å². The molecule has 2 atom stereocenters. The van der Waals surface area contributed by atoms with Crippen molar-refractivity contribution in [3.05, 3.63) is 60.7 Å². The minimum Gasteiger partial charge on any atom is -0.461 e. The molecule has 6 rings (SSSR count).